The van der Waals surface area contributed by atoms with Crippen LogP contribution in [-0.4, -0.2) is 31.1 Å². The molecule has 1 aliphatic heterocycles. The molecule has 106 valence electrons. The number of hydrogen-bond acceptors (Lipinski definition) is 3. The molecule has 0 unspecified atom stereocenters. The van der Waals surface area contributed by atoms with Crippen LogP contribution < -0.4 is 5.32 Å². The van der Waals surface area contributed by atoms with Gasteiger partial charge in [0, 0.05) is 26.2 Å². The quantitative estimate of drug-likeness (QED) is 0.907. The molecule has 0 aromatic carbocycles. The molecular weight excluding hydrogens is 236 g/mol. The molecule has 1 saturated heterocycles. The van der Waals surface area contributed by atoms with Crippen LogP contribution >= 0.6 is 0 Å². The predicted molar refractivity (Wildman–Crippen MR) is 77.2 cm³/mol. The zero-order valence-corrected chi connectivity index (χ0v) is 12.0. The lowest BCUT2D eigenvalue weighted by atomic mass is 9.82. The summed E-state index contributed by atoms with van der Waals surface area (Å²) in [7, 11) is 0. The Morgan fingerprint density at radius 1 is 1.16 bits per heavy atom. The van der Waals surface area contributed by atoms with Gasteiger partial charge in [0.2, 0.25) is 0 Å². The number of furan rings is 1. The number of nitrogens with zero attached hydrogens (tertiary/aromatic N) is 1. The molecule has 3 rings (SSSR count). The van der Waals surface area contributed by atoms with Crippen molar-refractivity contribution in [3.8, 4) is 0 Å². The minimum atomic E-state index is 0.510. The van der Waals surface area contributed by atoms with Crippen molar-refractivity contribution in [2.75, 3.05) is 26.2 Å². The Bertz CT molecular complexity index is 371. The van der Waals surface area contributed by atoms with Gasteiger partial charge in [-0.15, -0.1) is 0 Å². The molecule has 1 N–H and O–H groups in total. The summed E-state index contributed by atoms with van der Waals surface area (Å²) in [4.78, 5) is 2.64. The molecule has 0 spiro atoms. The van der Waals surface area contributed by atoms with Gasteiger partial charge in [-0.05, 0) is 37.8 Å². The number of nitrogens with one attached hydrogen (secondary N) is 1. The Kier molecular flexibility index (Phi) is 4.24. The molecule has 3 nitrogen and oxygen atoms in total. The molecule has 2 heterocycles. The van der Waals surface area contributed by atoms with Crippen molar-refractivity contribution in [3.05, 3.63) is 23.7 Å². The van der Waals surface area contributed by atoms with E-state index in [-0.39, 0.29) is 0 Å². The van der Waals surface area contributed by atoms with Crippen LogP contribution in [0.3, 0.4) is 0 Å². The van der Waals surface area contributed by atoms with Gasteiger partial charge < -0.3 is 9.73 Å². The Balaban J connectivity index is 1.81. The molecule has 0 radical (unpaired) electrons. The summed E-state index contributed by atoms with van der Waals surface area (Å²) in [5, 5.41) is 3.46. The fourth-order valence-corrected chi connectivity index (χ4v) is 3.73. The van der Waals surface area contributed by atoms with Crippen LogP contribution in [0.2, 0.25) is 0 Å². The second-order valence-corrected chi connectivity index (χ2v) is 6.08. The first-order valence-corrected chi connectivity index (χ1v) is 7.86. The lowest BCUT2D eigenvalue weighted by molar-refractivity contribution is 0.0864. The third-order valence-electron chi connectivity index (χ3n) is 4.69. The number of hydrogen-bond donors (Lipinski definition) is 1. The summed E-state index contributed by atoms with van der Waals surface area (Å²) in [6.45, 7) is 6.59. The fraction of sp³-hybridized carbons (Fsp3) is 0.750. The molecule has 0 amide bonds. The average molecular weight is 262 g/mol. The van der Waals surface area contributed by atoms with Crippen molar-refractivity contribution < 1.29 is 4.42 Å². The lowest BCUT2D eigenvalue weighted by Gasteiger charge is -2.39. The Hall–Kier alpha value is -0.800. The summed E-state index contributed by atoms with van der Waals surface area (Å²) >= 11 is 0. The topological polar surface area (TPSA) is 28.4 Å². The van der Waals surface area contributed by atoms with Gasteiger partial charge in [0.05, 0.1) is 6.04 Å². The van der Waals surface area contributed by atoms with Gasteiger partial charge in [0.15, 0.2) is 0 Å². The number of piperazine rings is 1. The van der Waals surface area contributed by atoms with E-state index < -0.39 is 0 Å². The zero-order valence-electron chi connectivity index (χ0n) is 12.0. The van der Waals surface area contributed by atoms with E-state index in [0.717, 1.165) is 37.9 Å². The maximum Gasteiger partial charge on any atom is 0.121 e. The van der Waals surface area contributed by atoms with E-state index in [1.807, 2.05) is 0 Å². The van der Waals surface area contributed by atoms with E-state index in [1.54, 1.807) is 0 Å². The normalized spacial score (nSPS) is 24.5. The van der Waals surface area contributed by atoms with Gasteiger partial charge in [0.1, 0.15) is 11.5 Å². The first-order valence-electron chi connectivity index (χ1n) is 7.86. The second-order valence-electron chi connectivity index (χ2n) is 6.08. The predicted octanol–water partition coefficient (Wildman–Crippen LogP) is 3.11. The lowest BCUT2D eigenvalue weighted by Crippen LogP contribution is -2.47. The minimum absolute atomic E-state index is 0.510. The van der Waals surface area contributed by atoms with Gasteiger partial charge >= 0.3 is 0 Å². The highest BCUT2D eigenvalue weighted by molar-refractivity contribution is 5.12. The van der Waals surface area contributed by atoms with E-state index >= 15 is 0 Å². The molecule has 1 saturated carbocycles. The van der Waals surface area contributed by atoms with Crippen LogP contribution in [0, 0.1) is 12.8 Å². The van der Waals surface area contributed by atoms with Gasteiger partial charge in [-0.3, -0.25) is 4.90 Å². The van der Waals surface area contributed by atoms with Gasteiger partial charge in [-0.1, -0.05) is 19.3 Å². The summed E-state index contributed by atoms with van der Waals surface area (Å²) in [5.74, 6) is 3.04. The molecule has 1 aromatic heterocycles. The Labute approximate surface area is 116 Å². The SMILES string of the molecule is Cc1ccc([C@H](C2CCCCC2)N2CCNCC2)o1. The smallest absolute Gasteiger partial charge is 0.121 e. The zero-order chi connectivity index (χ0) is 13.1. The Morgan fingerprint density at radius 3 is 2.53 bits per heavy atom. The molecule has 0 bridgehead atoms. The maximum absolute atomic E-state index is 5.99. The molecule has 1 aromatic rings. The molecule has 2 fully saturated rings. The highest BCUT2D eigenvalue weighted by Crippen LogP contribution is 2.39. The van der Waals surface area contributed by atoms with Crippen molar-refractivity contribution in [1.29, 1.82) is 0 Å². The third kappa shape index (κ3) is 3.03. The van der Waals surface area contributed by atoms with Gasteiger partial charge in [0.25, 0.3) is 0 Å². The Morgan fingerprint density at radius 2 is 1.89 bits per heavy atom. The molecule has 3 heteroatoms. The van der Waals surface area contributed by atoms with Gasteiger partial charge in [-0.2, -0.15) is 0 Å². The third-order valence-corrected chi connectivity index (χ3v) is 4.69. The monoisotopic (exact) mass is 262 g/mol. The van der Waals surface area contributed by atoms with Crippen LogP contribution in [0.5, 0.6) is 0 Å². The van der Waals surface area contributed by atoms with Crippen molar-refractivity contribution in [2.24, 2.45) is 5.92 Å². The number of aryl methyl sites for hydroxylation is 1. The van der Waals surface area contributed by atoms with E-state index in [2.05, 4.69) is 29.3 Å². The molecular formula is C16H26N2O. The van der Waals surface area contributed by atoms with Crippen LogP contribution in [-0.2, 0) is 0 Å². The first-order chi connectivity index (χ1) is 9.34. The van der Waals surface area contributed by atoms with Crippen molar-refractivity contribution in [1.82, 2.24) is 10.2 Å². The van der Waals surface area contributed by atoms with Crippen molar-refractivity contribution in [3.63, 3.8) is 0 Å². The standard InChI is InChI=1S/C16H26N2O/c1-13-7-8-15(19-13)16(14-5-3-2-4-6-14)18-11-9-17-10-12-18/h7-8,14,16-17H,2-6,9-12H2,1H3/t16-/m0/s1. The van der Waals surface area contributed by atoms with E-state index in [9.17, 15) is 0 Å². The molecule has 1 atom stereocenters. The average Bonchev–Trinajstić information content (AvgIpc) is 2.88. The summed E-state index contributed by atoms with van der Waals surface area (Å²) in [6, 6.07) is 4.83. The van der Waals surface area contributed by atoms with E-state index in [0.29, 0.717) is 6.04 Å². The van der Waals surface area contributed by atoms with Crippen LogP contribution in [0.1, 0.15) is 49.7 Å². The summed E-state index contributed by atoms with van der Waals surface area (Å²) < 4.78 is 5.99. The van der Waals surface area contributed by atoms with Gasteiger partial charge in [-0.25, -0.2) is 0 Å². The van der Waals surface area contributed by atoms with Crippen LogP contribution in [0.15, 0.2) is 16.5 Å². The first kappa shape index (κ1) is 13.2. The minimum Gasteiger partial charge on any atom is -0.465 e. The summed E-state index contributed by atoms with van der Waals surface area (Å²) in [5.41, 5.74) is 0. The maximum atomic E-state index is 5.99. The molecule has 19 heavy (non-hydrogen) atoms. The highest BCUT2D eigenvalue weighted by Gasteiger charge is 2.32. The van der Waals surface area contributed by atoms with E-state index in [1.165, 1.54) is 37.9 Å². The second kappa shape index (κ2) is 6.10. The fourth-order valence-electron chi connectivity index (χ4n) is 3.73. The summed E-state index contributed by atoms with van der Waals surface area (Å²) in [6.07, 6.45) is 6.95. The van der Waals surface area contributed by atoms with Crippen molar-refractivity contribution in [2.45, 2.75) is 45.1 Å². The number of rotatable bonds is 3. The van der Waals surface area contributed by atoms with E-state index in [4.69, 9.17) is 4.42 Å². The molecule has 2 aliphatic rings. The molecule has 1 aliphatic carbocycles. The van der Waals surface area contributed by atoms with Crippen LogP contribution in [0.4, 0.5) is 0 Å². The van der Waals surface area contributed by atoms with Crippen molar-refractivity contribution >= 4 is 0 Å². The van der Waals surface area contributed by atoms with Crippen LogP contribution in [0.25, 0.3) is 0 Å². The largest absolute Gasteiger partial charge is 0.465 e. The highest BCUT2D eigenvalue weighted by atomic mass is 16.3.